The summed E-state index contributed by atoms with van der Waals surface area (Å²) in [6.45, 7) is 11.9. The summed E-state index contributed by atoms with van der Waals surface area (Å²) in [5, 5.41) is 5.46. The molecule has 5 nitrogen and oxygen atoms in total. The Balaban J connectivity index is 1.34. The third-order valence-corrected chi connectivity index (χ3v) is 8.03. The lowest BCUT2D eigenvalue weighted by atomic mass is 9.91. The van der Waals surface area contributed by atoms with E-state index in [0.717, 1.165) is 46.3 Å². The van der Waals surface area contributed by atoms with Gasteiger partial charge in [0.05, 0.1) is 17.8 Å². The number of alkyl halides is 1. The summed E-state index contributed by atoms with van der Waals surface area (Å²) in [7, 11) is 1.81. The molecule has 5 rings (SSSR count). The first-order valence-corrected chi connectivity index (χ1v) is 14.0. The molecule has 3 aromatic carbocycles. The molecule has 1 amide bonds. The van der Waals surface area contributed by atoms with Crippen molar-refractivity contribution in [3.05, 3.63) is 108 Å². The molecular weight excluding hydrogens is 518 g/mol. The number of nitrogens with zero attached hydrogens (tertiary/aromatic N) is 4. The summed E-state index contributed by atoms with van der Waals surface area (Å²) >= 11 is 0. The molecule has 0 saturated carbocycles. The minimum absolute atomic E-state index is 0.0412. The fourth-order valence-corrected chi connectivity index (χ4v) is 5.81. The Morgan fingerprint density at radius 1 is 1.05 bits per heavy atom. The third-order valence-electron chi connectivity index (χ3n) is 8.03. The fourth-order valence-electron chi connectivity index (χ4n) is 5.81. The van der Waals surface area contributed by atoms with Crippen molar-refractivity contribution >= 4 is 22.5 Å². The van der Waals surface area contributed by atoms with Gasteiger partial charge in [0.2, 0.25) is 0 Å². The van der Waals surface area contributed by atoms with Crippen LogP contribution in [0.4, 0.5) is 14.5 Å². The highest BCUT2D eigenvalue weighted by Gasteiger charge is 2.30. The number of aryl methyl sites for hydroxylation is 2. The number of halogens is 2. The fraction of sp³-hybridized carbons (Fsp3) is 0.294. The largest absolute Gasteiger partial charge is 0.341 e. The monoisotopic (exact) mass is 554 g/mol. The summed E-state index contributed by atoms with van der Waals surface area (Å²) in [4.78, 5) is 17.9. The molecule has 0 N–H and O–H groups in total. The van der Waals surface area contributed by atoms with Crippen LogP contribution in [-0.2, 0) is 7.05 Å². The van der Waals surface area contributed by atoms with Gasteiger partial charge in [0.15, 0.2) is 0 Å². The van der Waals surface area contributed by atoms with E-state index in [2.05, 4.69) is 42.2 Å². The number of likely N-dealkylation sites (tertiary alicyclic amines) is 1. The molecule has 212 valence electrons. The zero-order valence-corrected chi connectivity index (χ0v) is 23.7. The zero-order chi connectivity index (χ0) is 29.1. The van der Waals surface area contributed by atoms with Crippen molar-refractivity contribution in [3.8, 4) is 11.3 Å². The minimum Gasteiger partial charge on any atom is -0.341 e. The number of para-hydroxylation sites is 2. The van der Waals surface area contributed by atoms with Crippen molar-refractivity contribution in [1.29, 1.82) is 0 Å². The van der Waals surface area contributed by atoms with E-state index in [1.54, 1.807) is 10.7 Å². The Morgan fingerprint density at radius 3 is 2.49 bits per heavy atom. The summed E-state index contributed by atoms with van der Waals surface area (Å²) in [6.07, 6.45) is 1.87. The molecule has 41 heavy (non-hydrogen) atoms. The molecule has 1 saturated heterocycles. The van der Waals surface area contributed by atoms with Gasteiger partial charge in [-0.1, -0.05) is 61.2 Å². The van der Waals surface area contributed by atoms with Crippen molar-refractivity contribution in [1.82, 2.24) is 14.7 Å². The Hall–Kier alpha value is -4.26. The maximum absolute atomic E-state index is 13.9. The molecule has 0 radical (unpaired) electrons. The van der Waals surface area contributed by atoms with Crippen LogP contribution in [0, 0.1) is 18.7 Å². The van der Waals surface area contributed by atoms with E-state index < -0.39 is 6.67 Å². The molecule has 0 bridgehead atoms. The number of fused-ring (bicyclic) bond motifs is 1. The number of amides is 1. The number of piperidine rings is 1. The Kier molecular flexibility index (Phi) is 8.34. The number of aromatic nitrogens is 2. The van der Waals surface area contributed by atoms with Crippen molar-refractivity contribution in [2.24, 2.45) is 13.0 Å². The van der Waals surface area contributed by atoms with Crippen LogP contribution in [0.5, 0.6) is 0 Å². The van der Waals surface area contributed by atoms with Gasteiger partial charge >= 0.3 is 0 Å². The SMILES string of the molecule is C=C(CCF)CN(C(=C)C1CCN(C(=O)c2cccc3c(-c4cccc(F)c4)nn(C)c23)CC1)c1ccccc1C. The average Bonchev–Trinajstić information content (AvgIpc) is 3.32. The van der Waals surface area contributed by atoms with Crippen molar-refractivity contribution < 1.29 is 13.6 Å². The van der Waals surface area contributed by atoms with Crippen LogP contribution in [0.3, 0.4) is 0 Å². The summed E-state index contributed by atoms with van der Waals surface area (Å²) in [5.41, 5.74) is 6.61. The number of hydrogen-bond donors (Lipinski definition) is 0. The van der Waals surface area contributed by atoms with Crippen LogP contribution >= 0.6 is 0 Å². The highest BCUT2D eigenvalue weighted by Crippen LogP contribution is 2.34. The molecule has 0 atom stereocenters. The normalized spacial score (nSPS) is 13.9. The van der Waals surface area contributed by atoms with Crippen LogP contribution in [0.2, 0.25) is 0 Å². The molecule has 1 fully saturated rings. The molecule has 7 heteroatoms. The van der Waals surface area contributed by atoms with Gasteiger partial charge in [0.25, 0.3) is 5.91 Å². The third kappa shape index (κ3) is 5.80. The van der Waals surface area contributed by atoms with Crippen molar-refractivity contribution in [3.63, 3.8) is 0 Å². The Bertz CT molecular complexity index is 1600. The first-order chi connectivity index (χ1) is 19.8. The number of allylic oxidation sites excluding steroid dienone is 1. The standard InChI is InChI=1S/C34H36F2N4O/c1-23(15-18-35)22-40(31-14-6-5-9-24(31)2)25(3)26-16-19-39(20-17-26)34(41)30-13-8-12-29-32(37-38(4)33(29)30)27-10-7-11-28(36)21-27/h5-14,21,26H,1,3,15-20,22H2,2,4H3. The average molecular weight is 555 g/mol. The smallest absolute Gasteiger partial charge is 0.256 e. The van der Waals surface area contributed by atoms with E-state index in [4.69, 9.17) is 0 Å². The van der Waals surface area contributed by atoms with Crippen molar-refractivity contribution in [2.75, 3.05) is 31.2 Å². The van der Waals surface area contributed by atoms with Gasteiger partial charge < -0.3 is 9.80 Å². The van der Waals surface area contributed by atoms with Gasteiger partial charge in [-0.05, 0) is 56.0 Å². The zero-order valence-electron chi connectivity index (χ0n) is 23.7. The molecule has 0 spiro atoms. The second-order valence-electron chi connectivity index (χ2n) is 10.8. The quantitative estimate of drug-likeness (QED) is 0.202. The van der Waals surface area contributed by atoms with Crippen LogP contribution in [0.1, 0.15) is 35.2 Å². The predicted octanol–water partition coefficient (Wildman–Crippen LogP) is 7.48. The molecule has 4 aromatic rings. The van der Waals surface area contributed by atoms with Gasteiger partial charge in [-0.2, -0.15) is 5.10 Å². The second kappa shape index (κ2) is 12.1. The highest BCUT2D eigenvalue weighted by atomic mass is 19.1. The lowest BCUT2D eigenvalue weighted by Gasteiger charge is -2.38. The minimum atomic E-state index is -0.430. The number of carbonyl (C=O) groups is 1. The molecule has 2 heterocycles. The van der Waals surface area contributed by atoms with E-state index in [0.29, 0.717) is 42.9 Å². The Morgan fingerprint density at radius 2 is 1.78 bits per heavy atom. The lowest BCUT2D eigenvalue weighted by Crippen LogP contribution is -2.41. The predicted molar refractivity (Wildman–Crippen MR) is 162 cm³/mol. The highest BCUT2D eigenvalue weighted by molar-refractivity contribution is 6.08. The Labute approximate surface area is 240 Å². The van der Waals surface area contributed by atoms with E-state index in [-0.39, 0.29) is 17.6 Å². The first kappa shape index (κ1) is 28.3. The summed E-state index contributed by atoms with van der Waals surface area (Å²) < 4.78 is 28.7. The topological polar surface area (TPSA) is 41.4 Å². The van der Waals surface area contributed by atoms with Gasteiger partial charge in [-0.25, -0.2) is 4.39 Å². The van der Waals surface area contributed by atoms with E-state index in [1.807, 2.05) is 48.3 Å². The van der Waals surface area contributed by atoms with Gasteiger partial charge in [-0.15, -0.1) is 0 Å². The van der Waals surface area contributed by atoms with Crippen molar-refractivity contribution in [2.45, 2.75) is 26.2 Å². The van der Waals surface area contributed by atoms with Crippen LogP contribution in [-0.4, -0.2) is 46.9 Å². The first-order valence-electron chi connectivity index (χ1n) is 14.0. The van der Waals surface area contributed by atoms with E-state index in [9.17, 15) is 13.6 Å². The number of anilines is 1. The maximum Gasteiger partial charge on any atom is 0.256 e. The molecule has 1 aliphatic rings. The van der Waals surface area contributed by atoms with Crippen LogP contribution in [0.15, 0.2) is 91.2 Å². The van der Waals surface area contributed by atoms with Gasteiger partial charge in [0, 0.05) is 54.9 Å². The van der Waals surface area contributed by atoms with Crippen LogP contribution < -0.4 is 4.90 Å². The summed E-state index contributed by atoms with van der Waals surface area (Å²) in [6, 6.07) is 20.1. The number of carbonyl (C=O) groups excluding carboxylic acids is 1. The maximum atomic E-state index is 13.9. The lowest BCUT2D eigenvalue weighted by molar-refractivity contribution is 0.0703. The van der Waals surface area contributed by atoms with Gasteiger partial charge in [0.1, 0.15) is 11.5 Å². The molecular formula is C34H36F2N4O. The molecule has 0 unspecified atom stereocenters. The molecule has 1 aliphatic heterocycles. The molecule has 0 aliphatic carbocycles. The molecule has 1 aromatic heterocycles. The second-order valence-corrected chi connectivity index (χ2v) is 10.8. The van der Waals surface area contributed by atoms with E-state index >= 15 is 0 Å². The summed E-state index contributed by atoms with van der Waals surface area (Å²) in [5.74, 6) is -0.185. The van der Waals surface area contributed by atoms with Gasteiger partial charge in [-0.3, -0.25) is 13.9 Å². The number of hydrogen-bond acceptors (Lipinski definition) is 3. The number of rotatable bonds is 9. The number of benzene rings is 3. The van der Waals surface area contributed by atoms with E-state index in [1.165, 1.54) is 12.1 Å². The van der Waals surface area contributed by atoms with Crippen LogP contribution in [0.25, 0.3) is 22.2 Å².